The normalized spacial score (nSPS) is 11.6. The number of carbonyl (C=O) groups excluding carboxylic acids is 2. The van der Waals surface area contributed by atoms with E-state index in [0.29, 0.717) is 16.3 Å². The number of amides is 1. The summed E-state index contributed by atoms with van der Waals surface area (Å²) in [6, 6.07) is 10.2. The number of nitrogens with zero attached hydrogens (tertiary/aromatic N) is 1. The Labute approximate surface area is 143 Å². The maximum atomic E-state index is 12.0. The molecule has 7 heteroatoms. The molecule has 0 radical (unpaired) electrons. The number of hydrogen-bond acceptors (Lipinski definition) is 4. The Morgan fingerprint density at radius 3 is 2.65 bits per heavy atom. The third-order valence-corrected chi connectivity index (χ3v) is 3.66. The van der Waals surface area contributed by atoms with Crippen molar-refractivity contribution in [2.45, 2.75) is 19.4 Å². The van der Waals surface area contributed by atoms with Crippen LogP contribution < -0.4 is 5.32 Å². The first-order valence-corrected chi connectivity index (χ1v) is 7.57. The molecular formula is C16H14Cl2N2O3. The lowest BCUT2D eigenvalue weighted by Crippen LogP contribution is -2.30. The first kappa shape index (κ1) is 17.2. The van der Waals surface area contributed by atoms with Gasteiger partial charge in [-0.05, 0) is 30.7 Å². The average Bonchev–Trinajstić information content (AvgIpc) is 2.51. The van der Waals surface area contributed by atoms with Crippen LogP contribution in [0.25, 0.3) is 0 Å². The molecule has 1 aromatic carbocycles. The van der Waals surface area contributed by atoms with Crippen molar-refractivity contribution in [3.63, 3.8) is 0 Å². The summed E-state index contributed by atoms with van der Waals surface area (Å²) in [4.78, 5) is 27.8. The van der Waals surface area contributed by atoms with Gasteiger partial charge in [-0.25, -0.2) is 4.98 Å². The SMILES string of the molecule is C[C@H](OC(=O)Cc1ccccc1Cl)C(=O)Nc1cccnc1Cl. The minimum absolute atomic E-state index is 0.00899. The van der Waals surface area contributed by atoms with Crippen molar-refractivity contribution in [3.8, 4) is 0 Å². The molecule has 0 saturated heterocycles. The van der Waals surface area contributed by atoms with Crippen LogP contribution >= 0.6 is 23.2 Å². The van der Waals surface area contributed by atoms with Gasteiger partial charge < -0.3 is 10.1 Å². The van der Waals surface area contributed by atoms with Crippen LogP contribution in [0, 0.1) is 0 Å². The van der Waals surface area contributed by atoms with E-state index in [9.17, 15) is 9.59 Å². The molecule has 0 aliphatic rings. The maximum absolute atomic E-state index is 12.0. The molecule has 0 aliphatic carbocycles. The van der Waals surface area contributed by atoms with Crippen LogP contribution in [0.5, 0.6) is 0 Å². The zero-order chi connectivity index (χ0) is 16.8. The first-order valence-electron chi connectivity index (χ1n) is 6.81. The fourth-order valence-corrected chi connectivity index (χ4v) is 2.17. The Morgan fingerprint density at radius 2 is 1.96 bits per heavy atom. The standard InChI is InChI=1S/C16H14Cl2N2O3/c1-10(16(22)20-13-7-4-8-19-15(13)18)23-14(21)9-11-5-2-3-6-12(11)17/h2-8,10H,9H2,1H3,(H,20,22)/t10-/m0/s1. The summed E-state index contributed by atoms with van der Waals surface area (Å²) in [5, 5.41) is 3.19. The monoisotopic (exact) mass is 352 g/mol. The highest BCUT2D eigenvalue weighted by Crippen LogP contribution is 2.18. The summed E-state index contributed by atoms with van der Waals surface area (Å²) in [6.45, 7) is 1.48. The third kappa shape index (κ3) is 4.94. The van der Waals surface area contributed by atoms with Crippen molar-refractivity contribution >= 4 is 40.8 Å². The summed E-state index contributed by atoms with van der Waals surface area (Å²) in [5.41, 5.74) is 0.996. The molecule has 0 saturated carbocycles. The van der Waals surface area contributed by atoms with Crippen molar-refractivity contribution in [3.05, 3.63) is 58.3 Å². The molecule has 1 atom stereocenters. The Bertz CT molecular complexity index is 722. The minimum atomic E-state index is -0.971. The zero-order valence-corrected chi connectivity index (χ0v) is 13.8. The molecule has 1 N–H and O–H groups in total. The second-order valence-corrected chi connectivity index (χ2v) is 5.50. The molecule has 120 valence electrons. The number of hydrogen-bond donors (Lipinski definition) is 1. The number of benzene rings is 1. The molecule has 0 aliphatic heterocycles. The number of halogens is 2. The van der Waals surface area contributed by atoms with E-state index in [-0.39, 0.29) is 11.6 Å². The number of pyridine rings is 1. The molecule has 5 nitrogen and oxygen atoms in total. The second kappa shape index (κ2) is 7.94. The summed E-state index contributed by atoms with van der Waals surface area (Å²) < 4.78 is 5.11. The van der Waals surface area contributed by atoms with Gasteiger partial charge in [0.2, 0.25) is 0 Å². The summed E-state index contributed by atoms with van der Waals surface area (Å²) in [6.07, 6.45) is 0.525. The van der Waals surface area contributed by atoms with E-state index in [4.69, 9.17) is 27.9 Å². The summed E-state index contributed by atoms with van der Waals surface area (Å²) >= 11 is 11.8. The predicted octanol–water partition coefficient (Wildman–Crippen LogP) is 3.50. The highest BCUT2D eigenvalue weighted by molar-refractivity contribution is 6.32. The zero-order valence-electron chi connectivity index (χ0n) is 12.3. The number of aromatic nitrogens is 1. The Morgan fingerprint density at radius 1 is 1.22 bits per heavy atom. The number of rotatable bonds is 5. The number of carbonyl (C=O) groups is 2. The maximum Gasteiger partial charge on any atom is 0.311 e. The number of anilines is 1. The van der Waals surface area contributed by atoms with E-state index >= 15 is 0 Å². The van der Waals surface area contributed by atoms with Crippen LogP contribution in [0.3, 0.4) is 0 Å². The molecular weight excluding hydrogens is 339 g/mol. The van der Waals surface area contributed by atoms with Gasteiger partial charge in [-0.1, -0.05) is 41.4 Å². The fraction of sp³-hybridized carbons (Fsp3) is 0.188. The van der Waals surface area contributed by atoms with Gasteiger partial charge in [0.15, 0.2) is 11.3 Å². The van der Waals surface area contributed by atoms with E-state index < -0.39 is 18.0 Å². The van der Waals surface area contributed by atoms with E-state index in [1.54, 1.807) is 36.4 Å². The Hall–Kier alpha value is -2.11. The van der Waals surface area contributed by atoms with Crippen molar-refractivity contribution in [1.29, 1.82) is 0 Å². The van der Waals surface area contributed by atoms with Crippen molar-refractivity contribution < 1.29 is 14.3 Å². The molecule has 1 heterocycles. The number of nitrogens with one attached hydrogen (secondary N) is 1. The molecule has 2 aromatic rings. The lowest BCUT2D eigenvalue weighted by molar-refractivity contribution is -0.152. The van der Waals surface area contributed by atoms with Gasteiger partial charge in [0, 0.05) is 11.2 Å². The molecule has 2 rings (SSSR count). The molecule has 0 spiro atoms. The first-order chi connectivity index (χ1) is 11.0. The van der Waals surface area contributed by atoms with Crippen LogP contribution in [-0.4, -0.2) is 23.0 Å². The molecule has 23 heavy (non-hydrogen) atoms. The smallest absolute Gasteiger partial charge is 0.311 e. The number of esters is 1. The largest absolute Gasteiger partial charge is 0.452 e. The van der Waals surface area contributed by atoms with Gasteiger partial charge >= 0.3 is 5.97 Å². The molecule has 1 amide bonds. The van der Waals surface area contributed by atoms with Crippen LogP contribution in [0.15, 0.2) is 42.6 Å². The lowest BCUT2D eigenvalue weighted by Gasteiger charge is -2.14. The molecule has 0 unspecified atom stereocenters. The Kier molecular flexibility index (Phi) is 5.96. The van der Waals surface area contributed by atoms with E-state index in [0.717, 1.165) is 0 Å². The number of ether oxygens (including phenoxy) is 1. The van der Waals surface area contributed by atoms with Crippen molar-refractivity contribution in [2.24, 2.45) is 0 Å². The van der Waals surface area contributed by atoms with Gasteiger partial charge in [0.25, 0.3) is 5.91 Å². The van der Waals surface area contributed by atoms with Gasteiger partial charge in [-0.3, -0.25) is 9.59 Å². The van der Waals surface area contributed by atoms with Crippen LogP contribution in [-0.2, 0) is 20.7 Å². The summed E-state index contributed by atoms with van der Waals surface area (Å²) in [7, 11) is 0. The van der Waals surface area contributed by atoms with Crippen LogP contribution in [0.4, 0.5) is 5.69 Å². The molecule has 0 fully saturated rings. The van der Waals surface area contributed by atoms with Gasteiger partial charge in [0.05, 0.1) is 12.1 Å². The van der Waals surface area contributed by atoms with Gasteiger partial charge in [0.1, 0.15) is 0 Å². The van der Waals surface area contributed by atoms with E-state index in [1.165, 1.54) is 13.1 Å². The molecule has 0 bridgehead atoms. The van der Waals surface area contributed by atoms with E-state index in [2.05, 4.69) is 10.3 Å². The highest BCUT2D eigenvalue weighted by atomic mass is 35.5. The Balaban J connectivity index is 1.92. The summed E-state index contributed by atoms with van der Waals surface area (Å²) in [5.74, 6) is -1.04. The van der Waals surface area contributed by atoms with Crippen LogP contribution in [0.1, 0.15) is 12.5 Å². The van der Waals surface area contributed by atoms with Crippen molar-refractivity contribution in [2.75, 3.05) is 5.32 Å². The van der Waals surface area contributed by atoms with Gasteiger partial charge in [-0.15, -0.1) is 0 Å². The van der Waals surface area contributed by atoms with Gasteiger partial charge in [-0.2, -0.15) is 0 Å². The lowest BCUT2D eigenvalue weighted by atomic mass is 10.1. The van der Waals surface area contributed by atoms with Crippen LogP contribution in [0.2, 0.25) is 10.2 Å². The third-order valence-electron chi connectivity index (χ3n) is 2.99. The van der Waals surface area contributed by atoms with Crippen molar-refractivity contribution in [1.82, 2.24) is 4.98 Å². The van der Waals surface area contributed by atoms with E-state index in [1.807, 2.05) is 0 Å². The predicted molar refractivity (Wildman–Crippen MR) is 88.6 cm³/mol. The topological polar surface area (TPSA) is 68.3 Å². The molecule has 1 aromatic heterocycles. The minimum Gasteiger partial charge on any atom is -0.452 e. The quantitative estimate of drug-likeness (QED) is 0.660. The second-order valence-electron chi connectivity index (χ2n) is 4.73. The average molecular weight is 353 g/mol. The fourth-order valence-electron chi connectivity index (χ4n) is 1.80. The highest BCUT2D eigenvalue weighted by Gasteiger charge is 2.19.